The summed E-state index contributed by atoms with van der Waals surface area (Å²) < 4.78 is 37.6. The van der Waals surface area contributed by atoms with Crippen LogP contribution in [0.25, 0.3) is 0 Å². The molecule has 7 heteroatoms. The lowest BCUT2D eigenvalue weighted by molar-refractivity contribution is -0.152. The van der Waals surface area contributed by atoms with Crippen molar-refractivity contribution in [1.29, 1.82) is 0 Å². The average molecular weight is 290 g/mol. The van der Waals surface area contributed by atoms with Gasteiger partial charge >= 0.3 is 18.1 Å². The second-order valence-corrected chi connectivity index (χ2v) is 4.47. The van der Waals surface area contributed by atoms with Crippen LogP contribution in [0, 0.1) is 11.8 Å². The van der Waals surface area contributed by atoms with Crippen LogP contribution in [0.15, 0.2) is 24.3 Å². The first kappa shape index (κ1) is 16.0. The SMILES string of the molecule is CC(C(=O)O)C(Cc1cccc(C(F)(F)F)c1)C(=O)O. The summed E-state index contributed by atoms with van der Waals surface area (Å²) in [4.78, 5) is 21.9. The maximum absolute atomic E-state index is 12.5. The summed E-state index contributed by atoms with van der Waals surface area (Å²) in [5.74, 6) is -5.13. The van der Waals surface area contributed by atoms with E-state index < -0.39 is 35.5 Å². The number of halogens is 3. The lowest BCUT2D eigenvalue weighted by Crippen LogP contribution is -2.29. The van der Waals surface area contributed by atoms with Crippen LogP contribution in [0.3, 0.4) is 0 Å². The molecule has 0 bridgehead atoms. The maximum atomic E-state index is 12.5. The van der Waals surface area contributed by atoms with Gasteiger partial charge in [0.1, 0.15) is 0 Å². The topological polar surface area (TPSA) is 74.6 Å². The highest BCUT2D eigenvalue weighted by atomic mass is 19.4. The van der Waals surface area contributed by atoms with Crippen LogP contribution in [0.2, 0.25) is 0 Å². The van der Waals surface area contributed by atoms with Gasteiger partial charge in [-0.3, -0.25) is 9.59 Å². The second kappa shape index (κ2) is 5.94. The molecule has 110 valence electrons. The number of hydrogen-bond donors (Lipinski definition) is 2. The Morgan fingerprint density at radius 3 is 2.25 bits per heavy atom. The molecule has 1 rings (SSSR count). The molecule has 0 aliphatic heterocycles. The Morgan fingerprint density at radius 2 is 1.80 bits per heavy atom. The zero-order valence-corrected chi connectivity index (χ0v) is 10.5. The minimum absolute atomic E-state index is 0.139. The zero-order valence-electron chi connectivity index (χ0n) is 10.5. The number of carbonyl (C=O) groups is 2. The van der Waals surface area contributed by atoms with Gasteiger partial charge in [0.25, 0.3) is 0 Å². The van der Waals surface area contributed by atoms with Crippen molar-refractivity contribution < 1.29 is 33.0 Å². The Balaban J connectivity index is 3.01. The van der Waals surface area contributed by atoms with Crippen molar-refractivity contribution in [2.75, 3.05) is 0 Å². The number of carboxylic acids is 2. The van der Waals surface area contributed by atoms with Gasteiger partial charge < -0.3 is 10.2 Å². The third kappa shape index (κ3) is 3.97. The standard InChI is InChI=1S/C13H13F3O4/c1-7(11(17)18)10(12(19)20)6-8-3-2-4-9(5-8)13(14,15)16/h2-5,7,10H,6H2,1H3,(H,17,18)(H,19,20). The number of benzene rings is 1. The van der Waals surface area contributed by atoms with Crippen molar-refractivity contribution in [2.45, 2.75) is 19.5 Å². The number of aliphatic carboxylic acids is 2. The number of rotatable bonds is 5. The van der Waals surface area contributed by atoms with Gasteiger partial charge in [-0.1, -0.05) is 25.1 Å². The first-order chi connectivity index (χ1) is 9.12. The van der Waals surface area contributed by atoms with Gasteiger partial charge in [0.15, 0.2) is 0 Å². The van der Waals surface area contributed by atoms with Gasteiger partial charge in [0, 0.05) is 0 Å². The summed E-state index contributed by atoms with van der Waals surface area (Å²) in [6.45, 7) is 1.22. The molecule has 2 atom stereocenters. The van der Waals surface area contributed by atoms with Crippen LogP contribution in [0.4, 0.5) is 13.2 Å². The molecular formula is C13H13F3O4. The maximum Gasteiger partial charge on any atom is 0.416 e. The van der Waals surface area contributed by atoms with Gasteiger partial charge in [-0.05, 0) is 18.1 Å². The molecule has 0 aliphatic carbocycles. The van der Waals surface area contributed by atoms with E-state index in [2.05, 4.69) is 0 Å². The van der Waals surface area contributed by atoms with Crippen LogP contribution < -0.4 is 0 Å². The van der Waals surface area contributed by atoms with Gasteiger partial charge in [0.2, 0.25) is 0 Å². The zero-order chi connectivity index (χ0) is 15.5. The largest absolute Gasteiger partial charge is 0.481 e. The van der Waals surface area contributed by atoms with E-state index >= 15 is 0 Å². The molecule has 0 heterocycles. The predicted molar refractivity (Wildman–Crippen MR) is 63.1 cm³/mol. The summed E-state index contributed by atoms with van der Waals surface area (Å²) in [5, 5.41) is 17.8. The molecule has 2 N–H and O–H groups in total. The molecule has 0 saturated carbocycles. The molecule has 0 fully saturated rings. The van der Waals surface area contributed by atoms with E-state index in [0.717, 1.165) is 12.1 Å². The molecule has 1 aromatic carbocycles. The monoisotopic (exact) mass is 290 g/mol. The summed E-state index contributed by atoms with van der Waals surface area (Å²) in [6, 6.07) is 4.23. The fourth-order valence-electron chi connectivity index (χ4n) is 1.78. The minimum Gasteiger partial charge on any atom is -0.481 e. The average Bonchev–Trinajstić information content (AvgIpc) is 2.34. The van der Waals surface area contributed by atoms with Crippen LogP contribution in [0.5, 0.6) is 0 Å². The van der Waals surface area contributed by atoms with Crippen LogP contribution in [-0.4, -0.2) is 22.2 Å². The van der Waals surface area contributed by atoms with E-state index in [1.54, 1.807) is 0 Å². The van der Waals surface area contributed by atoms with E-state index in [1.165, 1.54) is 19.1 Å². The van der Waals surface area contributed by atoms with Gasteiger partial charge in [-0.15, -0.1) is 0 Å². The minimum atomic E-state index is -4.52. The van der Waals surface area contributed by atoms with E-state index in [9.17, 15) is 22.8 Å². The van der Waals surface area contributed by atoms with Gasteiger partial charge in [-0.2, -0.15) is 13.2 Å². The molecule has 0 aromatic heterocycles. The van der Waals surface area contributed by atoms with Crippen molar-refractivity contribution in [2.24, 2.45) is 11.8 Å². The molecule has 0 aliphatic rings. The smallest absolute Gasteiger partial charge is 0.416 e. The third-order valence-corrected chi connectivity index (χ3v) is 3.02. The first-order valence-electron chi connectivity index (χ1n) is 5.74. The summed E-state index contributed by atoms with van der Waals surface area (Å²) in [7, 11) is 0. The molecule has 0 amide bonds. The van der Waals surface area contributed by atoms with Gasteiger partial charge in [-0.25, -0.2) is 0 Å². The van der Waals surface area contributed by atoms with Crippen molar-refractivity contribution in [3.8, 4) is 0 Å². The van der Waals surface area contributed by atoms with Crippen LogP contribution in [-0.2, 0) is 22.2 Å². The van der Waals surface area contributed by atoms with Crippen molar-refractivity contribution in [1.82, 2.24) is 0 Å². The van der Waals surface area contributed by atoms with E-state index in [4.69, 9.17) is 10.2 Å². The highest BCUT2D eigenvalue weighted by Gasteiger charge is 2.33. The Bertz CT molecular complexity index is 511. The molecule has 2 unspecified atom stereocenters. The lowest BCUT2D eigenvalue weighted by atomic mass is 9.87. The van der Waals surface area contributed by atoms with Crippen molar-refractivity contribution in [3.63, 3.8) is 0 Å². The molecule has 4 nitrogen and oxygen atoms in total. The Labute approximate surface area is 112 Å². The fourth-order valence-corrected chi connectivity index (χ4v) is 1.78. The summed E-state index contributed by atoms with van der Waals surface area (Å²) in [6.07, 6.45) is -4.79. The number of hydrogen-bond acceptors (Lipinski definition) is 2. The molecule has 0 spiro atoms. The fraction of sp³-hybridized carbons (Fsp3) is 0.385. The quantitative estimate of drug-likeness (QED) is 0.874. The second-order valence-electron chi connectivity index (χ2n) is 4.47. The number of alkyl halides is 3. The van der Waals surface area contributed by atoms with Crippen molar-refractivity contribution >= 4 is 11.9 Å². The Hall–Kier alpha value is -2.05. The lowest BCUT2D eigenvalue weighted by Gasteiger charge is -2.17. The Morgan fingerprint density at radius 1 is 1.20 bits per heavy atom. The normalized spacial score (nSPS) is 14.6. The van der Waals surface area contributed by atoms with E-state index in [-0.39, 0.29) is 12.0 Å². The van der Waals surface area contributed by atoms with E-state index in [1.807, 2.05) is 0 Å². The highest BCUT2D eigenvalue weighted by Crippen LogP contribution is 2.30. The highest BCUT2D eigenvalue weighted by molar-refractivity contribution is 5.79. The molecular weight excluding hydrogens is 277 g/mol. The van der Waals surface area contributed by atoms with E-state index in [0.29, 0.717) is 0 Å². The summed E-state index contributed by atoms with van der Waals surface area (Å²) in [5.41, 5.74) is -0.748. The van der Waals surface area contributed by atoms with Crippen molar-refractivity contribution in [3.05, 3.63) is 35.4 Å². The summed E-state index contributed by atoms with van der Waals surface area (Å²) >= 11 is 0. The van der Waals surface area contributed by atoms with Gasteiger partial charge in [0.05, 0.1) is 17.4 Å². The number of carboxylic acid groups (broad SMARTS) is 2. The van der Waals surface area contributed by atoms with Crippen LogP contribution in [0.1, 0.15) is 18.1 Å². The molecule has 0 radical (unpaired) electrons. The van der Waals surface area contributed by atoms with Crippen LogP contribution >= 0.6 is 0 Å². The molecule has 0 saturated heterocycles. The third-order valence-electron chi connectivity index (χ3n) is 3.02. The first-order valence-corrected chi connectivity index (χ1v) is 5.74. The predicted octanol–water partition coefficient (Wildman–Crippen LogP) is 2.67. The molecule has 20 heavy (non-hydrogen) atoms. The molecule has 1 aromatic rings. The Kier molecular flexibility index (Phi) is 4.75.